The van der Waals surface area contributed by atoms with Gasteiger partial charge >= 0.3 is 58.4 Å². The van der Waals surface area contributed by atoms with Gasteiger partial charge < -0.3 is 17.3 Å². The molecule has 80 valence electrons. The first-order valence-corrected chi connectivity index (χ1v) is 4.60. The first-order valence-electron chi connectivity index (χ1n) is 4.22. The van der Waals surface area contributed by atoms with Gasteiger partial charge in [0, 0.05) is 6.20 Å². The van der Waals surface area contributed by atoms with Gasteiger partial charge in [-0.1, -0.05) is 23.1 Å². The van der Waals surface area contributed by atoms with Crippen LogP contribution in [-0.2, 0) is 0 Å². The van der Waals surface area contributed by atoms with E-state index in [0.29, 0.717) is 11.3 Å². The number of hydrogen-bond acceptors (Lipinski definition) is 1. The zero-order chi connectivity index (χ0) is 11.2. The molecule has 2 aromatic heterocycles. The molecular weight excluding hydrogens is 266 g/mol. The third-order valence-corrected chi connectivity index (χ3v) is 2.30. The topological polar surface area (TPSA) is 17.3 Å². The van der Waals surface area contributed by atoms with Gasteiger partial charge in [0.2, 0.25) is 0 Å². The minimum atomic E-state index is -5.03. The fraction of sp³-hybridized carbons (Fsp3) is 0.125. The molecule has 0 unspecified atom stereocenters. The summed E-state index contributed by atoms with van der Waals surface area (Å²) < 4.78 is 38.7. The van der Waals surface area contributed by atoms with Crippen molar-refractivity contribution in [2.24, 2.45) is 0 Å². The number of aryl methyl sites for hydroxylation is 1. The van der Waals surface area contributed by atoms with E-state index in [9.17, 15) is 12.9 Å². The normalized spacial score (nSPS) is 11.6. The van der Waals surface area contributed by atoms with Crippen molar-refractivity contribution in [1.82, 2.24) is 9.38 Å². The number of aromatic nitrogens is 2. The average molecular weight is 273 g/mol. The van der Waals surface area contributed by atoms with E-state index in [2.05, 4.69) is 4.98 Å². The van der Waals surface area contributed by atoms with Crippen LogP contribution >= 0.6 is 11.6 Å². The second kappa shape index (κ2) is 4.99. The number of nitrogens with zero attached hydrogens (tertiary/aromatic N) is 2. The molecule has 0 aliphatic carbocycles. The molecule has 8 heteroatoms. The summed E-state index contributed by atoms with van der Waals surface area (Å²) in [5, 5.41) is 0.0137. The van der Waals surface area contributed by atoms with Crippen LogP contribution in [0.2, 0.25) is 5.02 Å². The van der Waals surface area contributed by atoms with Crippen LogP contribution in [0.5, 0.6) is 0 Å². The second-order valence-electron chi connectivity index (χ2n) is 3.31. The monoisotopic (exact) mass is 272 g/mol. The van der Waals surface area contributed by atoms with Crippen LogP contribution in [0.3, 0.4) is 0 Å². The molecule has 0 fully saturated rings. The zero-order valence-electron chi connectivity index (χ0n) is 8.72. The van der Waals surface area contributed by atoms with Gasteiger partial charge in [0.15, 0.2) is 5.65 Å². The smallest absolute Gasteiger partial charge is 0.445 e. The summed E-state index contributed by atoms with van der Waals surface area (Å²) in [5.41, 5.74) is 0.256. The van der Waals surface area contributed by atoms with Crippen LogP contribution in [0.1, 0.15) is 5.69 Å². The fourth-order valence-corrected chi connectivity index (χ4v) is 1.64. The largest absolute Gasteiger partial charge is 1.00 e. The SMILES string of the molecule is Cc1cn2cc([B-](F)(F)F)cc(Cl)c2n1.[K+]. The van der Waals surface area contributed by atoms with Crippen molar-refractivity contribution in [1.29, 1.82) is 0 Å². The maximum absolute atomic E-state index is 12.5. The molecule has 0 aliphatic rings. The summed E-state index contributed by atoms with van der Waals surface area (Å²) in [6.45, 7) is -3.33. The van der Waals surface area contributed by atoms with E-state index in [0.717, 1.165) is 12.3 Å². The molecule has 2 rings (SSSR count). The van der Waals surface area contributed by atoms with Crippen LogP contribution in [0.15, 0.2) is 18.5 Å². The van der Waals surface area contributed by atoms with Crippen molar-refractivity contribution < 1.29 is 64.3 Å². The predicted molar refractivity (Wildman–Crippen MR) is 53.7 cm³/mol. The fourth-order valence-electron chi connectivity index (χ4n) is 1.38. The number of hydrogen-bond donors (Lipinski definition) is 0. The molecule has 2 heterocycles. The van der Waals surface area contributed by atoms with E-state index in [1.165, 1.54) is 10.6 Å². The molecule has 0 saturated heterocycles. The van der Waals surface area contributed by atoms with Crippen LogP contribution < -0.4 is 56.8 Å². The maximum Gasteiger partial charge on any atom is 1.00 e. The van der Waals surface area contributed by atoms with Crippen molar-refractivity contribution in [3.05, 3.63) is 29.2 Å². The Morgan fingerprint density at radius 3 is 2.50 bits per heavy atom. The van der Waals surface area contributed by atoms with Gasteiger partial charge in [0.05, 0.1) is 10.7 Å². The number of halogens is 4. The Morgan fingerprint density at radius 2 is 1.94 bits per heavy atom. The Labute approximate surface area is 138 Å². The average Bonchev–Trinajstić information content (AvgIpc) is 2.44. The Bertz CT molecular complexity index is 526. The molecule has 0 aromatic carbocycles. The number of imidazole rings is 1. The van der Waals surface area contributed by atoms with E-state index >= 15 is 0 Å². The molecular formula is C8H6BClF3KN2. The number of rotatable bonds is 1. The van der Waals surface area contributed by atoms with Crippen LogP contribution in [-0.4, -0.2) is 16.4 Å². The van der Waals surface area contributed by atoms with Gasteiger partial charge in [-0.25, -0.2) is 4.98 Å². The van der Waals surface area contributed by atoms with E-state index in [4.69, 9.17) is 11.6 Å². The van der Waals surface area contributed by atoms with E-state index in [-0.39, 0.29) is 56.4 Å². The standard InChI is InChI=1S/C8H6BClF3N2.K/c1-5-3-15-4-6(9(11,12)13)2-7(10)8(15)14-5;/h2-4H,1H3;/q-1;+1. The second-order valence-corrected chi connectivity index (χ2v) is 3.72. The predicted octanol–water partition coefficient (Wildman–Crippen LogP) is -0.645. The van der Waals surface area contributed by atoms with Gasteiger partial charge in [0.1, 0.15) is 0 Å². The van der Waals surface area contributed by atoms with E-state index < -0.39 is 12.4 Å². The van der Waals surface area contributed by atoms with Crippen LogP contribution in [0, 0.1) is 6.92 Å². The van der Waals surface area contributed by atoms with Gasteiger partial charge in [-0.2, -0.15) is 0 Å². The van der Waals surface area contributed by atoms with Crippen LogP contribution in [0.25, 0.3) is 5.65 Å². The quantitative estimate of drug-likeness (QED) is 0.631. The molecule has 0 atom stereocenters. The molecule has 0 amide bonds. The van der Waals surface area contributed by atoms with Gasteiger partial charge in [-0.05, 0) is 13.1 Å². The van der Waals surface area contributed by atoms with Crippen molar-refractivity contribution >= 4 is 29.7 Å². The van der Waals surface area contributed by atoms with Crippen molar-refractivity contribution in [3.63, 3.8) is 0 Å². The van der Waals surface area contributed by atoms with E-state index in [1.54, 1.807) is 6.92 Å². The van der Waals surface area contributed by atoms with Crippen molar-refractivity contribution in [2.45, 2.75) is 6.92 Å². The van der Waals surface area contributed by atoms with E-state index in [1.807, 2.05) is 0 Å². The Kier molecular flexibility index (Phi) is 4.54. The van der Waals surface area contributed by atoms with Gasteiger partial charge in [-0.15, -0.1) is 0 Å². The summed E-state index contributed by atoms with van der Waals surface area (Å²) in [6, 6.07) is 0.906. The van der Waals surface area contributed by atoms with Crippen molar-refractivity contribution in [2.75, 3.05) is 0 Å². The summed E-state index contributed by atoms with van der Waals surface area (Å²) in [4.78, 5) is 4.01. The summed E-state index contributed by atoms with van der Waals surface area (Å²) in [6.07, 6.45) is 2.51. The molecule has 0 radical (unpaired) electrons. The summed E-state index contributed by atoms with van der Waals surface area (Å²) in [7, 11) is 0. The van der Waals surface area contributed by atoms with Crippen molar-refractivity contribution in [3.8, 4) is 0 Å². The third-order valence-electron chi connectivity index (χ3n) is 2.03. The molecule has 0 aliphatic heterocycles. The molecule has 0 spiro atoms. The Balaban J connectivity index is 0.00000128. The molecule has 0 N–H and O–H groups in total. The van der Waals surface area contributed by atoms with Gasteiger partial charge in [-0.3, -0.25) is 0 Å². The first-order chi connectivity index (χ1) is 6.88. The molecule has 2 nitrogen and oxygen atoms in total. The summed E-state index contributed by atoms with van der Waals surface area (Å²) >= 11 is 5.71. The third kappa shape index (κ3) is 2.83. The summed E-state index contributed by atoms with van der Waals surface area (Å²) in [5.74, 6) is 0. The Hall–Kier alpha value is 0.471. The maximum atomic E-state index is 12.5. The zero-order valence-corrected chi connectivity index (χ0v) is 12.6. The Morgan fingerprint density at radius 1 is 1.31 bits per heavy atom. The first kappa shape index (κ1) is 14.5. The minimum Gasteiger partial charge on any atom is -0.445 e. The molecule has 0 bridgehead atoms. The number of pyridine rings is 1. The molecule has 2 aromatic rings. The van der Waals surface area contributed by atoms with Crippen LogP contribution in [0.4, 0.5) is 12.9 Å². The molecule has 16 heavy (non-hydrogen) atoms. The number of fused-ring (bicyclic) bond motifs is 1. The molecule has 0 saturated carbocycles. The van der Waals surface area contributed by atoms with Gasteiger partial charge in [0.25, 0.3) is 0 Å². The minimum absolute atomic E-state index is 0.